The molecule has 1 saturated heterocycles. The van der Waals surface area contributed by atoms with E-state index in [4.69, 9.17) is 0 Å². The molecule has 18 heavy (non-hydrogen) atoms. The molecule has 0 aromatic heterocycles. The molecule has 0 aromatic rings. The standard InChI is InChI=1S/C16H32N2/c1-4-14-5-6-16(17-3)15(11-14)12-18-9-7-13(2)8-10-18/h13-17H,4-12H2,1-3H3. The Hall–Kier alpha value is -0.0800. The smallest absolute Gasteiger partial charge is 0.0105 e. The Balaban J connectivity index is 1.84. The molecule has 0 aromatic carbocycles. The van der Waals surface area contributed by atoms with Gasteiger partial charge in [-0.15, -0.1) is 0 Å². The van der Waals surface area contributed by atoms with Crippen molar-refractivity contribution in [2.75, 3.05) is 26.7 Å². The minimum absolute atomic E-state index is 0.771. The van der Waals surface area contributed by atoms with Gasteiger partial charge in [-0.1, -0.05) is 20.3 Å². The second-order valence-corrected chi connectivity index (χ2v) is 6.73. The van der Waals surface area contributed by atoms with E-state index < -0.39 is 0 Å². The number of nitrogens with one attached hydrogen (secondary N) is 1. The van der Waals surface area contributed by atoms with E-state index in [0.29, 0.717) is 0 Å². The highest BCUT2D eigenvalue weighted by Crippen LogP contribution is 2.32. The Labute approximate surface area is 114 Å². The van der Waals surface area contributed by atoms with Crippen LogP contribution in [0.3, 0.4) is 0 Å². The summed E-state index contributed by atoms with van der Waals surface area (Å²) in [5.41, 5.74) is 0. The highest BCUT2D eigenvalue weighted by molar-refractivity contribution is 4.86. The molecule has 2 aliphatic rings. The summed E-state index contributed by atoms with van der Waals surface area (Å²) in [5, 5.41) is 3.57. The molecule has 2 heteroatoms. The zero-order chi connectivity index (χ0) is 13.0. The van der Waals surface area contributed by atoms with Crippen LogP contribution in [0.4, 0.5) is 0 Å². The van der Waals surface area contributed by atoms with E-state index in [-0.39, 0.29) is 0 Å². The quantitative estimate of drug-likeness (QED) is 0.827. The Morgan fingerprint density at radius 3 is 2.44 bits per heavy atom. The van der Waals surface area contributed by atoms with Crippen molar-refractivity contribution < 1.29 is 0 Å². The van der Waals surface area contributed by atoms with Gasteiger partial charge in [0.05, 0.1) is 0 Å². The van der Waals surface area contributed by atoms with Crippen molar-refractivity contribution in [3.63, 3.8) is 0 Å². The Kier molecular flexibility index (Phi) is 5.50. The molecular formula is C16H32N2. The van der Waals surface area contributed by atoms with Gasteiger partial charge in [0.1, 0.15) is 0 Å². The number of rotatable bonds is 4. The van der Waals surface area contributed by atoms with Gasteiger partial charge in [0.15, 0.2) is 0 Å². The number of nitrogens with zero attached hydrogens (tertiary/aromatic N) is 1. The summed E-state index contributed by atoms with van der Waals surface area (Å²) >= 11 is 0. The fourth-order valence-electron chi connectivity index (χ4n) is 3.89. The Morgan fingerprint density at radius 2 is 1.83 bits per heavy atom. The number of likely N-dealkylation sites (tertiary alicyclic amines) is 1. The van der Waals surface area contributed by atoms with E-state index >= 15 is 0 Å². The first-order valence-electron chi connectivity index (χ1n) is 8.12. The molecule has 1 aliphatic carbocycles. The summed E-state index contributed by atoms with van der Waals surface area (Å²) in [6.07, 6.45) is 8.49. The number of hydrogen-bond acceptors (Lipinski definition) is 2. The summed E-state index contributed by atoms with van der Waals surface area (Å²) in [4.78, 5) is 2.73. The lowest BCUT2D eigenvalue weighted by Gasteiger charge is -2.40. The maximum Gasteiger partial charge on any atom is 0.0105 e. The van der Waals surface area contributed by atoms with Crippen LogP contribution >= 0.6 is 0 Å². The molecule has 0 radical (unpaired) electrons. The van der Waals surface area contributed by atoms with Gasteiger partial charge in [0.2, 0.25) is 0 Å². The lowest BCUT2D eigenvalue weighted by atomic mass is 9.76. The van der Waals surface area contributed by atoms with Gasteiger partial charge in [-0.2, -0.15) is 0 Å². The third-order valence-corrected chi connectivity index (χ3v) is 5.41. The zero-order valence-corrected chi connectivity index (χ0v) is 12.6. The summed E-state index contributed by atoms with van der Waals surface area (Å²) in [6.45, 7) is 8.79. The minimum atomic E-state index is 0.771. The van der Waals surface area contributed by atoms with E-state index in [1.807, 2.05) is 0 Å². The van der Waals surface area contributed by atoms with E-state index in [0.717, 1.165) is 23.8 Å². The zero-order valence-electron chi connectivity index (χ0n) is 12.6. The van der Waals surface area contributed by atoms with Gasteiger partial charge in [0, 0.05) is 12.6 Å². The minimum Gasteiger partial charge on any atom is -0.317 e. The van der Waals surface area contributed by atoms with Crippen LogP contribution in [-0.4, -0.2) is 37.6 Å². The van der Waals surface area contributed by atoms with Crippen molar-refractivity contribution in [1.29, 1.82) is 0 Å². The average Bonchev–Trinajstić information content (AvgIpc) is 2.41. The first-order valence-corrected chi connectivity index (χ1v) is 8.12. The van der Waals surface area contributed by atoms with Crippen LogP contribution in [0.5, 0.6) is 0 Å². The molecule has 0 bridgehead atoms. The predicted molar refractivity (Wildman–Crippen MR) is 78.8 cm³/mol. The largest absolute Gasteiger partial charge is 0.317 e. The maximum atomic E-state index is 3.57. The van der Waals surface area contributed by atoms with Crippen LogP contribution in [0, 0.1) is 17.8 Å². The van der Waals surface area contributed by atoms with Gasteiger partial charge in [0.25, 0.3) is 0 Å². The van der Waals surface area contributed by atoms with Crippen molar-refractivity contribution >= 4 is 0 Å². The van der Waals surface area contributed by atoms with E-state index in [9.17, 15) is 0 Å². The highest BCUT2D eigenvalue weighted by Gasteiger charge is 2.30. The summed E-state index contributed by atoms with van der Waals surface area (Å²) in [7, 11) is 2.15. The molecule has 2 nitrogen and oxygen atoms in total. The molecule has 1 N–H and O–H groups in total. The maximum absolute atomic E-state index is 3.57. The van der Waals surface area contributed by atoms with Crippen molar-refractivity contribution in [3.8, 4) is 0 Å². The highest BCUT2D eigenvalue weighted by atomic mass is 15.1. The molecule has 1 heterocycles. The first kappa shape index (κ1) is 14.3. The molecular weight excluding hydrogens is 220 g/mol. The van der Waals surface area contributed by atoms with Gasteiger partial charge in [-0.25, -0.2) is 0 Å². The van der Waals surface area contributed by atoms with Gasteiger partial charge < -0.3 is 10.2 Å². The first-order chi connectivity index (χ1) is 8.72. The average molecular weight is 252 g/mol. The Morgan fingerprint density at radius 1 is 1.11 bits per heavy atom. The Bertz CT molecular complexity index is 233. The van der Waals surface area contributed by atoms with Crippen LogP contribution < -0.4 is 5.32 Å². The van der Waals surface area contributed by atoms with Gasteiger partial charge in [-0.05, 0) is 70.0 Å². The van der Waals surface area contributed by atoms with E-state index in [1.54, 1.807) is 0 Å². The van der Waals surface area contributed by atoms with E-state index in [2.05, 4.69) is 31.1 Å². The summed E-state index contributed by atoms with van der Waals surface area (Å²) in [5.74, 6) is 2.83. The van der Waals surface area contributed by atoms with Gasteiger partial charge in [-0.3, -0.25) is 0 Å². The van der Waals surface area contributed by atoms with Crippen molar-refractivity contribution in [2.45, 2.75) is 58.4 Å². The summed E-state index contributed by atoms with van der Waals surface area (Å²) in [6, 6.07) is 0.771. The number of piperidine rings is 1. The molecule has 1 aliphatic heterocycles. The summed E-state index contributed by atoms with van der Waals surface area (Å²) < 4.78 is 0. The van der Waals surface area contributed by atoms with Crippen molar-refractivity contribution in [1.82, 2.24) is 10.2 Å². The fraction of sp³-hybridized carbons (Fsp3) is 1.00. The van der Waals surface area contributed by atoms with Crippen LogP contribution in [0.25, 0.3) is 0 Å². The molecule has 2 rings (SSSR count). The SMILES string of the molecule is CCC1CCC(NC)C(CN2CCC(C)CC2)C1. The topological polar surface area (TPSA) is 15.3 Å². The van der Waals surface area contributed by atoms with Crippen LogP contribution in [-0.2, 0) is 0 Å². The molecule has 106 valence electrons. The van der Waals surface area contributed by atoms with Gasteiger partial charge >= 0.3 is 0 Å². The number of hydrogen-bond donors (Lipinski definition) is 1. The predicted octanol–water partition coefficient (Wildman–Crippen LogP) is 3.13. The van der Waals surface area contributed by atoms with Crippen LogP contribution in [0.2, 0.25) is 0 Å². The van der Waals surface area contributed by atoms with Crippen molar-refractivity contribution in [3.05, 3.63) is 0 Å². The lowest BCUT2D eigenvalue weighted by Crippen LogP contribution is -2.46. The molecule has 2 fully saturated rings. The van der Waals surface area contributed by atoms with Crippen molar-refractivity contribution in [2.24, 2.45) is 17.8 Å². The second kappa shape index (κ2) is 6.91. The monoisotopic (exact) mass is 252 g/mol. The van der Waals surface area contributed by atoms with Crippen LogP contribution in [0.15, 0.2) is 0 Å². The third-order valence-electron chi connectivity index (χ3n) is 5.41. The molecule has 0 spiro atoms. The molecule has 3 unspecified atom stereocenters. The normalized spacial score (nSPS) is 35.8. The molecule has 1 saturated carbocycles. The van der Waals surface area contributed by atoms with E-state index in [1.165, 1.54) is 58.2 Å². The fourth-order valence-corrected chi connectivity index (χ4v) is 3.89. The molecule has 0 amide bonds. The lowest BCUT2D eigenvalue weighted by molar-refractivity contribution is 0.115. The molecule has 3 atom stereocenters. The second-order valence-electron chi connectivity index (χ2n) is 6.73. The van der Waals surface area contributed by atoms with Crippen LogP contribution in [0.1, 0.15) is 52.4 Å². The third kappa shape index (κ3) is 3.71.